The molecule has 1 saturated heterocycles. The first-order valence-electron chi connectivity index (χ1n) is 8.01. The van der Waals surface area contributed by atoms with Gasteiger partial charge in [-0.25, -0.2) is 0 Å². The summed E-state index contributed by atoms with van der Waals surface area (Å²) >= 11 is 0. The van der Waals surface area contributed by atoms with Gasteiger partial charge in [0.05, 0.1) is 17.7 Å². The minimum Gasteiger partial charge on any atom is -0.340 e. The molecule has 0 saturated carbocycles. The number of carbonyl (C=O) groups excluding carboxylic acids is 1. The topological polar surface area (TPSA) is 77.1 Å². The SMILES string of the molecule is Cc1nc([C@@H]2CCCN2C(=O)[C@@H](C)c2c(C)nn(C)c2C)no1. The van der Waals surface area contributed by atoms with Crippen LogP contribution in [0.5, 0.6) is 0 Å². The Kier molecular flexibility index (Phi) is 3.95. The second kappa shape index (κ2) is 5.79. The predicted molar refractivity (Wildman–Crippen MR) is 83.8 cm³/mol. The average molecular weight is 317 g/mol. The monoisotopic (exact) mass is 317 g/mol. The molecule has 1 aliphatic rings. The highest BCUT2D eigenvalue weighted by Crippen LogP contribution is 2.34. The van der Waals surface area contributed by atoms with Crippen LogP contribution in [-0.2, 0) is 11.8 Å². The summed E-state index contributed by atoms with van der Waals surface area (Å²) in [5.74, 6) is 1.03. The van der Waals surface area contributed by atoms with Crippen LogP contribution in [0.2, 0.25) is 0 Å². The number of likely N-dealkylation sites (tertiary alicyclic amines) is 1. The second-order valence-electron chi connectivity index (χ2n) is 6.29. The van der Waals surface area contributed by atoms with Gasteiger partial charge in [-0.1, -0.05) is 5.16 Å². The van der Waals surface area contributed by atoms with Crippen LogP contribution in [0.25, 0.3) is 0 Å². The summed E-state index contributed by atoms with van der Waals surface area (Å²) < 4.78 is 6.91. The van der Waals surface area contributed by atoms with Gasteiger partial charge < -0.3 is 9.42 Å². The van der Waals surface area contributed by atoms with Gasteiger partial charge in [-0.05, 0) is 33.6 Å². The molecule has 0 spiro atoms. The average Bonchev–Trinajstić information content (AvgIpc) is 3.19. The van der Waals surface area contributed by atoms with Gasteiger partial charge in [0.2, 0.25) is 11.8 Å². The van der Waals surface area contributed by atoms with Crippen molar-refractivity contribution in [2.45, 2.75) is 52.5 Å². The number of amides is 1. The lowest BCUT2D eigenvalue weighted by Crippen LogP contribution is -2.34. The Morgan fingerprint density at radius 1 is 1.35 bits per heavy atom. The minimum atomic E-state index is -0.225. The van der Waals surface area contributed by atoms with Crippen LogP contribution < -0.4 is 0 Å². The van der Waals surface area contributed by atoms with E-state index >= 15 is 0 Å². The van der Waals surface area contributed by atoms with Crippen molar-refractivity contribution in [2.24, 2.45) is 7.05 Å². The van der Waals surface area contributed by atoms with Crippen molar-refractivity contribution < 1.29 is 9.32 Å². The lowest BCUT2D eigenvalue weighted by atomic mass is 9.97. The van der Waals surface area contributed by atoms with Crippen molar-refractivity contribution in [3.63, 3.8) is 0 Å². The van der Waals surface area contributed by atoms with Crippen LogP contribution in [-0.4, -0.2) is 37.3 Å². The molecule has 1 fully saturated rings. The van der Waals surface area contributed by atoms with E-state index in [2.05, 4.69) is 15.2 Å². The van der Waals surface area contributed by atoms with Gasteiger partial charge in [-0.15, -0.1) is 0 Å². The Morgan fingerprint density at radius 3 is 2.65 bits per heavy atom. The predicted octanol–water partition coefficient (Wildman–Crippen LogP) is 2.20. The molecule has 0 aliphatic carbocycles. The Morgan fingerprint density at radius 2 is 2.09 bits per heavy atom. The van der Waals surface area contributed by atoms with E-state index in [0.717, 1.165) is 36.3 Å². The molecule has 3 heterocycles. The molecule has 3 rings (SSSR count). The largest absolute Gasteiger partial charge is 0.340 e. The molecule has 0 aromatic carbocycles. The molecule has 2 aromatic rings. The number of nitrogens with zero attached hydrogens (tertiary/aromatic N) is 5. The molecule has 7 nitrogen and oxygen atoms in total. The lowest BCUT2D eigenvalue weighted by Gasteiger charge is -2.26. The number of aromatic nitrogens is 4. The molecule has 7 heteroatoms. The van der Waals surface area contributed by atoms with Crippen molar-refractivity contribution >= 4 is 5.91 Å². The van der Waals surface area contributed by atoms with E-state index < -0.39 is 0 Å². The normalized spacial score (nSPS) is 19.3. The molecule has 1 aliphatic heterocycles. The van der Waals surface area contributed by atoms with Gasteiger partial charge in [0.25, 0.3) is 0 Å². The van der Waals surface area contributed by atoms with Gasteiger partial charge in [0.15, 0.2) is 5.82 Å². The zero-order chi connectivity index (χ0) is 16.7. The van der Waals surface area contributed by atoms with Gasteiger partial charge in [-0.2, -0.15) is 10.1 Å². The maximum atomic E-state index is 13.1. The Balaban J connectivity index is 1.86. The van der Waals surface area contributed by atoms with Crippen LogP contribution in [0.1, 0.15) is 60.4 Å². The van der Waals surface area contributed by atoms with Crippen molar-refractivity contribution in [3.05, 3.63) is 28.7 Å². The summed E-state index contributed by atoms with van der Waals surface area (Å²) in [7, 11) is 1.91. The molecule has 124 valence electrons. The summed E-state index contributed by atoms with van der Waals surface area (Å²) in [6.45, 7) is 8.41. The zero-order valence-electron chi connectivity index (χ0n) is 14.3. The van der Waals surface area contributed by atoms with E-state index in [1.54, 1.807) is 6.92 Å². The number of rotatable bonds is 3. The molecule has 2 aromatic heterocycles. The fourth-order valence-electron chi connectivity index (χ4n) is 3.54. The van der Waals surface area contributed by atoms with Crippen LogP contribution in [0.4, 0.5) is 0 Å². The van der Waals surface area contributed by atoms with Gasteiger partial charge in [-0.3, -0.25) is 9.48 Å². The summed E-state index contributed by atoms with van der Waals surface area (Å²) in [6, 6.07) is -0.0836. The minimum absolute atomic E-state index is 0.0836. The molecular weight excluding hydrogens is 294 g/mol. The fourth-order valence-corrected chi connectivity index (χ4v) is 3.54. The van der Waals surface area contributed by atoms with E-state index in [9.17, 15) is 4.79 Å². The second-order valence-corrected chi connectivity index (χ2v) is 6.29. The third-order valence-corrected chi connectivity index (χ3v) is 4.75. The van der Waals surface area contributed by atoms with Crippen molar-refractivity contribution in [1.29, 1.82) is 0 Å². The van der Waals surface area contributed by atoms with Gasteiger partial charge in [0, 0.05) is 31.8 Å². The quantitative estimate of drug-likeness (QED) is 0.867. The molecule has 1 amide bonds. The summed E-state index contributed by atoms with van der Waals surface area (Å²) in [6.07, 6.45) is 1.84. The van der Waals surface area contributed by atoms with Crippen LogP contribution in [0.15, 0.2) is 4.52 Å². The zero-order valence-corrected chi connectivity index (χ0v) is 14.3. The number of aryl methyl sites for hydroxylation is 3. The summed E-state index contributed by atoms with van der Waals surface area (Å²) in [5.41, 5.74) is 2.97. The number of hydrogen-bond acceptors (Lipinski definition) is 5. The number of carbonyl (C=O) groups is 1. The Hall–Kier alpha value is -2.18. The molecule has 23 heavy (non-hydrogen) atoms. The van der Waals surface area contributed by atoms with E-state index in [4.69, 9.17) is 4.52 Å². The van der Waals surface area contributed by atoms with Gasteiger partial charge in [0.1, 0.15) is 0 Å². The highest BCUT2D eigenvalue weighted by Gasteiger charge is 2.36. The smallest absolute Gasteiger partial charge is 0.230 e. The first-order valence-corrected chi connectivity index (χ1v) is 8.01. The Bertz CT molecular complexity index is 733. The van der Waals surface area contributed by atoms with Crippen molar-refractivity contribution in [1.82, 2.24) is 24.8 Å². The highest BCUT2D eigenvalue weighted by atomic mass is 16.5. The maximum absolute atomic E-state index is 13.1. The third-order valence-electron chi connectivity index (χ3n) is 4.75. The van der Waals surface area contributed by atoms with Crippen molar-refractivity contribution in [3.8, 4) is 0 Å². The number of hydrogen-bond donors (Lipinski definition) is 0. The molecule has 0 unspecified atom stereocenters. The van der Waals surface area contributed by atoms with Crippen molar-refractivity contribution in [2.75, 3.05) is 6.54 Å². The lowest BCUT2D eigenvalue weighted by molar-refractivity contribution is -0.133. The molecule has 2 atom stereocenters. The van der Waals surface area contributed by atoms with E-state index in [0.29, 0.717) is 11.7 Å². The summed E-state index contributed by atoms with van der Waals surface area (Å²) in [5, 5.41) is 8.43. The van der Waals surface area contributed by atoms with Gasteiger partial charge >= 0.3 is 0 Å². The van der Waals surface area contributed by atoms with Crippen LogP contribution >= 0.6 is 0 Å². The third kappa shape index (κ3) is 2.64. The maximum Gasteiger partial charge on any atom is 0.230 e. The molecule has 0 bridgehead atoms. The highest BCUT2D eigenvalue weighted by molar-refractivity contribution is 5.84. The summed E-state index contributed by atoms with van der Waals surface area (Å²) in [4.78, 5) is 19.3. The standard InChI is InChI=1S/C16H23N5O2/c1-9(14-10(2)18-20(5)11(14)3)16(22)21-8-6-7-13(21)15-17-12(4)23-19-15/h9,13H,6-8H2,1-5H3/t9-,13-/m0/s1. The molecule has 0 radical (unpaired) electrons. The fraction of sp³-hybridized carbons (Fsp3) is 0.625. The first-order chi connectivity index (χ1) is 10.9. The van der Waals surface area contributed by atoms with Crippen LogP contribution in [0.3, 0.4) is 0 Å². The molecule has 0 N–H and O–H groups in total. The van der Waals surface area contributed by atoms with E-state index in [1.165, 1.54) is 0 Å². The first kappa shape index (κ1) is 15.7. The Labute approximate surface area is 135 Å². The molecular formula is C16H23N5O2. The van der Waals surface area contributed by atoms with E-state index in [-0.39, 0.29) is 17.9 Å². The van der Waals surface area contributed by atoms with Crippen LogP contribution in [0, 0.1) is 20.8 Å². The van der Waals surface area contributed by atoms with E-state index in [1.807, 2.05) is 37.4 Å².